The van der Waals surface area contributed by atoms with Crippen LogP contribution >= 0.6 is 15.9 Å². The Morgan fingerprint density at radius 2 is 1.95 bits per heavy atom. The van der Waals surface area contributed by atoms with Crippen molar-refractivity contribution in [2.75, 3.05) is 6.54 Å². The number of imide groups is 1. The van der Waals surface area contributed by atoms with Crippen molar-refractivity contribution in [3.8, 4) is 0 Å². The SMILES string of the molecule is O=C1CN(NC(=O)CC23CC4CC(CC(Br)(C4)C2)C3)C(=O)N1. The molecule has 4 amide bonds. The number of amides is 4. The second-order valence-electron chi connectivity index (χ2n) is 7.76. The molecule has 7 heteroatoms. The maximum absolute atomic E-state index is 12.4. The van der Waals surface area contributed by atoms with Gasteiger partial charge in [0.15, 0.2) is 0 Å². The predicted octanol–water partition coefficient (Wildman–Crippen LogP) is 1.69. The van der Waals surface area contributed by atoms with E-state index in [-0.39, 0.29) is 28.1 Å². The molecule has 0 radical (unpaired) electrons. The number of rotatable bonds is 3. The Bertz CT molecular complexity index is 550. The zero-order valence-electron chi connectivity index (χ0n) is 12.4. The van der Waals surface area contributed by atoms with Crippen LogP contribution in [-0.2, 0) is 9.59 Å². The lowest BCUT2D eigenvalue weighted by atomic mass is 9.48. The highest BCUT2D eigenvalue weighted by Gasteiger charge is 2.57. The van der Waals surface area contributed by atoms with E-state index in [0.717, 1.165) is 36.1 Å². The van der Waals surface area contributed by atoms with Gasteiger partial charge in [-0.2, -0.15) is 0 Å². The number of nitrogens with one attached hydrogen (secondary N) is 2. The normalized spacial score (nSPS) is 42.7. The molecule has 4 aliphatic carbocycles. The maximum Gasteiger partial charge on any atom is 0.343 e. The minimum absolute atomic E-state index is 0.0673. The summed E-state index contributed by atoms with van der Waals surface area (Å²) in [6.45, 7) is -0.0921. The summed E-state index contributed by atoms with van der Waals surface area (Å²) in [6, 6.07) is -0.541. The summed E-state index contributed by atoms with van der Waals surface area (Å²) in [7, 11) is 0. The molecule has 0 aromatic rings. The molecule has 5 aliphatic rings. The second kappa shape index (κ2) is 4.69. The molecule has 4 bridgehead atoms. The zero-order chi connectivity index (χ0) is 15.5. The minimum atomic E-state index is -0.541. The Hall–Kier alpha value is -1.11. The Balaban J connectivity index is 1.43. The highest BCUT2D eigenvalue weighted by atomic mass is 79.9. The van der Waals surface area contributed by atoms with Gasteiger partial charge in [-0.05, 0) is 55.8 Å². The highest BCUT2D eigenvalue weighted by molar-refractivity contribution is 9.10. The zero-order valence-corrected chi connectivity index (χ0v) is 13.9. The van der Waals surface area contributed by atoms with Crippen LogP contribution in [0.4, 0.5) is 4.79 Å². The quantitative estimate of drug-likeness (QED) is 0.586. The van der Waals surface area contributed by atoms with Gasteiger partial charge in [0.25, 0.3) is 0 Å². The van der Waals surface area contributed by atoms with E-state index in [1.165, 1.54) is 19.3 Å². The number of halogens is 1. The molecule has 2 unspecified atom stereocenters. The van der Waals surface area contributed by atoms with E-state index in [9.17, 15) is 14.4 Å². The van der Waals surface area contributed by atoms with Crippen molar-refractivity contribution in [3.05, 3.63) is 0 Å². The van der Waals surface area contributed by atoms with Crippen LogP contribution in [0, 0.1) is 17.3 Å². The summed E-state index contributed by atoms with van der Waals surface area (Å²) in [5.41, 5.74) is 2.66. The van der Waals surface area contributed by atoms with Gasteiger partial charge < -0.3 is 0 Å². The maximum atomic E-state index is 12.4. The number of carbonyl (C=O) groups excluding carboxylic acids is 3. The van der Waals surface area contributed by atoms with Crippen molar-refractivity contribution < 1.29 is 14.4 Å². The first-order valence-corrected chi connectivity index (χ1v) is 8.74. The van der Waals surface area contributed by atoms with Crippen molar-refractivity contribution in [1.82, 2.24) is 15.8 Å². The van der Waals surface area contributed by atoms with Crippen molar-refractivity contribution >= 4 is 33.8 Å². The van der Waals surface area contributed by atoms with E-state index < -0.39 is 6.03 Å². The minimum Gasteiger partial charge on any atom is -0.275 e. The monoisotopic (exact) mass is 369 g/mol. The smallest absolute Gasteiger partial charge is 0.275 e. The molecule has 4 saturated carbocycles. The first kappa shape index (κ1) is 14.5. The summed E-state index contributed by atoms with van der Waals surface area (Å²) < 4.78 is 0.221. The third kappa shape index (κ3) is 2.43. The van der Waals surface area contributed by atoms with Crippen molar-refractivity contribution in [2.24, 2.45) is 17.3 Å². The fourth-order valence-corrected chi connectivity index (χ4v) is 7.12. The van der Waals surface area contributed by atoms with Gasteiger partial charge in [0.1, 0.15) is 6.54 Å². The van der Waals surface area contributed by atoms with Crippen LogP contribution in [0.25, 0.3) is 0 Å². The van der Waals surface area contributed by atoms with Crippen molar-refractivity contribution in [1.29, 1.82) is 0 Å². The Morgan fingerprint density at radius 1 is 1.27 bits per heavy atom. The fourth-order valence-electron chi connectivity index (χ4n) is 5.61. The molecule has 22 heavy (non-hydrogen) atoms. The molecule has 1 aliphatic heterocycles. The predicted molar refractivity (Wildman–Crippen MR) is 81.8 cm³/mol. The molecule has 5 fully saturated rings. The van der Waals surface area contributed by atoms with Gasteiger partial charge in [0.2, 0.25) is 11.8 Å². The molecule has 0 aromatic heterocycles. The molecule has 1 saturated heterocycles. The van der Waals surface area contributed by atoms with Crippen LogP contribution in [0.3, 0.4) is 0 Å². The molecule has 5 rings (SSSR count). The lowest BCUT2D eigenvalue weighted by Gasteiger charge is -2.60. The summed E-state index contributed by atoms with van der Waals surface area (Å²) in [6.07, 6.45) is 7.51. The topological polar surface area (TPSA) is 78.5 Å². The van der Waals surface area contributed by atoms with Gasteiger partial charge >= 0.3 is 6.03 Å². The number of hydrogen-bond acceptors (Lipinski definition) is 3. The molecule has 1 heterocycles. The van der Waals surface area contributed by atoms with Crippen LogP contribution in [0.5, 0.6) is 0 Å². The lowest BCUT2D eigenvalue weighted by molar-refractivity contribution is -0.131. The highest BCUT2D eigenvalue weighted by Crippen LogP contribution is 2.65. The molecule has 2 atom stereocenters. The van der Waals surface area contributed by atoms with E-state index in [1.54, 1.807) is 0 Å². The number of carbonyl (C=O) groups is 3. The van der Waals surface area contributed by atoms with E-state index in [2.05, 4.69) is 26.7 Å². The van der Waals surface area contributed by atoms with Crippen LogP contribution in [0.15, 0.2) is 0 Å². The number of hydrogen-bond donors (Lipinski definition) is 2. The second-order valence-corrected chi connectivity index (χ2v) is 9.45. The summed E-state index contributed by atoms with van der Waals surface area (Å²) in [5.74, 6) is 0.928. The average molecular weight is 370 g/mol. The summed E-state index contributed by atoms with van der Waals surface area (Å²) in [4.78, 5) is 35.1. The first-order chi connectivity index (χ1) is 10.3. The molecule has 2 N–H and O–H groups in total. The fraction of sp³-hybridized carbons (Fsp3) is 0.800. The van der Waals surface area contributed by atoms with Crippen molar-refractivity contribution in [2.45, 2.75) is 49.3 Å². The standard InChI is InChI=1S/C15H20BrN3O3/c16-15-4-9-1-10(5-15)3-14(2-9,8-15)6-11(20)18-19-7-12(21)17-13(19)22/h9-10H,1-8H2,(H,18,20)(H,17,21,22). The van der Waals surface area contributed by atoms with Crippen LogP contribution < -0.4 is 10.7 Å². The lowest BCUT2D eigenvalue weighted by Crippen LogP contribution is -2.55. The van der Waals surface area contributed by atoms with E-state index in [0.29, 0.717) is 6.42 Å². The van der Waals surface area contributed by atoms with Crippen LogP contribution in [-0.4, -0.2) is 33.7 Å². The van der Waals surface area contributed by atoms with Crippen LogP contribution in [0.2, 0.25) is 0 Å². The Kier molecular flexibility index (Phi) is 3.09. The van der Waals surface area contributed by atoms with E-state index >= 15 is 0 Å². The summed E-state index contributed by atoms with van der Waals surface area (Å²) >= 11 is 3.94. The van der Waals surface area contributed by atoms with Gasteiger partial charge in [-0.3, -0.25) is 20.3 Å². The average Bonchev–Trinajstić information content (AvgIpc) is 2.63. The largest absolute Gasteiger partial charge is 0.343 e. The van der Waals surface area contributed by atoms with Gasteiger partial charge in [0.05, 0.1) is 0 Å². The first-order valence-electron chi connectivity index (χ1n) is 7.95. The molecule has 6 nitrogen and oxygen atoms in total. The molecule has 0 spiro atoms. The molecule has 0 aromatic carbocycles. The number of alkyl halides is 1. The molecule has 120 valence electrons. The molecular formula is C15H20BrN3O3. The van der Waals surface area contributed by atoms with Gasteiger partial charge in [0, 0.05) is 10.7 Å². The Labute approximate surface area is 137 Å². The number of urea groups is 1. The Morgan fingerprint density at radius 3 is 2.50 bits per heavy atom. The van der Waals surface area contributed by atoms with Gasteiger partial charge in [-0.1, -0.05) is 15.9 Å². The van der Waals surface area contributed by atoms with Gasteiger partial charge in [-0.25, -0.2) is 9.80 Å². The van der Waals surface area contributed by atoms with Gasteiger partial charge in [-0.15, -0.1) is 0 Å². The van der Waals surface area contributed by atoms with E-state index in [1.807, 2.05) is 0 Å². The number of hydrazine groups is 1. The third-order valence-corrected chi connectivity index (χ3v) is 6.63. The summed E-state index contributed by atoms with van der Waals surface area (Å²) in [5, 5.41) is 3.24. The third-order valence-electron chi connectivity index (χ3n) is 5.70. The van der Waals surface area contributed by atoms with Crippen molar-refractivity contribution in [3.63, 3.8) is 0 Å². The van der Waals surface area contributed by atoms with Crippen LogP contribution in [0.1, 0.15) is 44.9 Å². The van der Waals surface area contributed by atoms with E-state index in [4.69, 9.17) is 0 Å². The molecular weight excluding hydrogens is 350 g/mol. The number of nitrogens with zero attached hydrogens (tertiary/aromatic N) is 1.